The highest BCUT2D eigenvalue weighted by Gasteiger charge is 2.14. The van der Waals surface area contributed by atoms with Crippen LogP contribution in [0.25, 0.3) is 0 Å². The maximum absolute atomic E-state index is 12.2. The molecule has 0 saturated carbocycles. The summed E-state index contributed by atoms with van der Waals surface area (Å²) in [6.07, 6.45) is 0.737. The summed E-state index contributed by atoms with van der Waals surface area (Å²) in [6.45, 7) is 9.41. The topological polar surface area (TPSA) is 67.4 Å². The minimum absolute atomic E-state index is 0.0239. The largest absolute Gasteiger partial charge is 0.374 e. The average molecular weight is 397 g/mol. The number of rotatable bonds is 9. The number of ether oxygens (including phenoxy) is 1. The summed E-state index contributed by atoms with van der Waals surface area (Å²) in [5.41, 5.74) is 2.89. The molecular formula is C24H32N2O3. The molecule has 1 atom stereocenters. The van der Waals surface area contributed by atoms with E-state index < -0.39 is 0 Å². The third-order valence-corrected chi connectivity index (χ3v) is 4.70. The first kappa shape index (κ1) is 22.6. The summed E-state index contributed by atoms with van der Waals surface area (Å²) in [5, 5.41) is 5.45. The second kappa shape index (κ2) is 10.8. The zero-order valence-corrected chi connectivity index (χ0v) is 17.8. The van der Waals surface area contributed by atoms with Crippen LogP contribution >= 0.6 is 0 Å². The molecule has 0 saturated heterocycles. The maximum atomic E-state index is 12.2. The first-order valence-electron chi connectivity index (χ1n) is 10.1. The molecule has 0 aliphatic carbocycles. The molecule has 0 heterocycles. The van der Waals surface area contributed by atoms with Gasteiger partial charge in [0, 0.05) is 18.7 Å². The normalized spacial score (nSPS) is 12.3. The Hall–Kier alpha value is -2.66. The van der Waals surface area contributed by atoms with Crippen LogP contribution < -0.4 is 10.6 Å². The van der Waals surface area contributed by atoms with Crippen LogP contribution in [-0.2, 0) is 14.9 Å². The van der Waals surface area contributed by atoms with E-state index in [9.17, 15) is 9.59 Å². The van der Waals surface area contributed by atoms with Crippen LogP contribution in [0, 0.1) is 0 Å². The number of benzene rings is 2. The molecule has 2 amide bonds. The van der Waals surface area contributed by atoms with Crippen LogP contribution in [0.1, 0.15) is 61.7 Å². The van der Waals surface area contributed by atoms with Crippen LogP contribution in [0.2, 0.25) is 0 Å². The minimum atomic E-state index is -0.249. The van der Waals surface area contributed by atoms with E-state index in [4.69, 9.17) is 4.74 Å². The predicted octanol–water partition coefficient (Wildman–Crippen LogP) is 4.00. The number of amides is 2. The van der Waals surface area contributed by atoms with Crippen molar-refractivity contribution in [3.05, 3.63) is 71.3 Å². The molecule has 0 aliphatic rings. The summed E-state index contributed by atoms with van der Waals surface area (Å²) in [7, 11) is 0. The number of hydrogen-bond acceptors (Lipinski definition) is 3. The molecule has 2 rings (SSSR count). The van der Waals surface area contributed by atoms with Crippen LogP contribution in [0.15, 0.2) is 54.6 Å². The first-order valence-corrected chi connectivity index (χ1v) is 10.1. The Labute approximate surface area is 173 Å². The number of carbonyl (C=O) groups is 2. The van der Waals surface area contributed by atoms with E-state index >= 15 is 0 Å². The van der Waals surface area contributed by atoms with E-state index in [1.807, 2.05) is 49.4 Å². The lowest BCUT2D eigenvalue weighted by Gasteiger charge is -2.19. The molecule has 0 radical (unpaired) electrons. The van der Waals surface area contributed by atoms with Crippen LogP contribution in [0.3, 0.4) is 0 Å². The number of nitrogens with one attached hydrogen (secondary N) is 2. The summed E-state index contributed by atoms with van der Waals surface area (Å²) < 4.78 is 5.78. The SMILES string of the molecule is CC(OCCCNC(=O)CNC(=O)c1ccc(C(C)(C)C)cc1)c1ccccc1. The monoisotopic (exact) mass is 396 g/mol. The van der Waals surface area contributed by atoms with Gasteiger partial charge >= 0.3 is 0 Å². The third-order valence-electron chi connectivity index (χ3n) is 4.70. The van der Waals surface area contributed by atoms with Crippen molar-refractivity contribution in [2.24, 2.45) is 0 Å². The zero-order chi connectivity index (χ0) is 21.3. The Morgan fingerprint density at radius 3 is 2.24 bits per heavy atom. The molecule has 29 heavy (non-hydrogen) atoms. The van der Waals surface area contributed by atoms with Crippen molar-refractivity contribution in [2.75, 3.05) is 19.7 Å². The van der Waals surface area contributed by atoms with E-state index in [0.717, 1.165) is 11.1 Å². The van der Waals surface area contributed by atoms with Gasteiger partial charge in [-0.25, -0.2) is 0 Å². The van der Waals surface area contributed by atoms with Gasteiger partial charge in [-0.3, -0.25) is 9.59 Å². The highest BCUT2D eigenvalue weighted by Crippen LogP contribution is 2.22. The summed E-state index contributed by atoms with van der Waals surface area (Å²) in [5.74, 6) is -0.457. The maximum Gasteiger partial charge on any atom is 0.251 e. The molecule has 156 valence electrons. The Morgan fingerprint density at radius 2 is 1.62 bits per heavy atom. The first-order chi connectivity index (χ1) is 13.8. The Balaban J connectivity index is 1.62. The van der Waals surface area contributed by atoms with Crippen molar-refractivity contribution in [3.63, 3.8) is 0 Å². The summed E-state index contributed by atoms with van der Waals surface area (Å²) >= 11 is 0. The van der Waals surface area contributed by atoms with Gasteiger partial charge < -0.3 is 15.4 Å². The van der Waals surface area contributed by atoms with E-state index in [0.29, 0.717) is 25.1 Å². The molecule has 1 unspecified atom stereocenters. The van der Waals surface area contributed by atoms with Gasteiger partial charge in [-0.05, 0) is 42.0 Å². The molecule has 2 aromatic carbocycles. The second-order valence-corrected chi connectivity index (χ2v) is 8.14. The molecular weight excluding hydrogens is 364 g/mol. The molecule has 0 spiro atoms. The molecule has 2 N–H and O–H groups in total. The number of hydrogen-bond donors (Lipinski definition) is 2. The fourth-order valence-corrected chi connectivity index (χ4v) is 2.83. The lowest BCUT2D eigenvalue weighted by atomic mass is 9.87. The summed E-state index contributed by atoms with van der Waals surface area (Å²) in [4.78, 5) is 24.1. The molecule has 2 aromatic rings. The third kappa shape index (κ3) is 7.70. The standard InChI is InChI=1S/C24H32N2O3/c1-18(19-9-6-5-7-10-19)29-16-8-15-25-22(27)17-26-23(28)20-11-13-21(14-12-20)24(2,3)4/h5-7,9-14,18H,8,15-17H2,1-4H3,(H,25,27)(H,26,28). The highest BCUT2D eigenvalue weighted by molar-refractivity contribution is 5.96. The van der Waals surface area contributed by atoms with Gasteiger partial charge in [-0.1, -0.05) is 63.2 Å². The van der Waals surface area contributed by atoms with Gasteiger partial charge in [0.2, 0.25) is 5.91 Å². The Morgan fingerprint density at radius 1 is 0.966 bits per heavy atom. The predicted molar refractivity (Wildman–Crippen MR) is 116 cm³/mol. The second-order valence-electron chi connectivity index (χ2n) is 8.14. The highest BCUT2D eigenvalue weighted by atomic mass is 16.5. The molecule has 0 fully saturated rings. The van der Waals surface area contributed by atoms with E-state index in [1.165, 1.54) is 0 Å². The lowest BCUT2D eigenvalue weighted by Crippen LogP contribution is -2.37. The molecule has 5 heteroatoms. The van der Waals surface area contributed by atoms with Crippen molar-refractivity contribution < 1.29 is 14.3 Å². The quantitative estimate of drug-likeness (QED) is 0.630. The molecule has 0 aromatic heterocycles. The smallest absolute Gasteiger partial charge is 0.251 e. The van der Waals surface area contributed by atoms with E-state index in [1.54, 1.807) is 12.1 Å². The molecule has 5 nitrogen and oxygen atoms in total. The lowest BCUT2D eigenvalue weighted by molar-refractivity contribution is -0.120. The van der Waals surface area contributed by atoms with Crippen molar-refractivity contribution in [1.29, 1.82) is 0 Å². The zero-order valence-electron chi connectivity index (χ0n) is 17.8. The van der Waals surface area contributed by atoms with E-state index in [2.05, 4.69) is 31.4 Å². The van der Waals surface area contributed by atoms with Gasteiger partial charge in [0.1, 0.15) is 0 Å². The fraction of sp³-hybridized carbons (Fsp3) is 0.417. The fourth-order valence-electron chi connectivity index (χ4n) is 2.83. The van der Waals surface area contributed by atoms with Gasteiger partial charge in [0.05, 0.1) is 12.6 Å². The van der Waals surface area contributed by atoms with Gasteiger partial charge in [-0.15, -0.1) is 0 Å². The van der Waals surface area contributed by atoms with Gasteiger partial charge in [0.25, 0.3) is 5.91 Å². The minimum Gasteiger partial charge on any atom is -0.374 e. The molecule has 0 aliphatic heterocycles. The van der Waals surface area contributed by atoms with Crippen LogP contribution in [0.5, 0.6) is 0 Å². The van der Waals surface area contributed by atoms with Crippen LogP contribution in [0.4, 0.5) is 0 Å². The number of carbonyl (C=O) groups excluding carboxylic acids is 2. The Kier molecular flexibility index (Phi) is 8.40. The van der Waals surface area contributed by atoms with Crippen LogP contribution in [-0.4, -0.2) is 31.5 Å². The van der Waals surface area contributed by atoms with E-state index in [-0.39, 0.29) is 29.9 Å². The van der Waals surface area contributed by atoms with Crippen molar-refractivity contribution in [2.45, 2.75) is 45.6 Å². The van der Waals surface area contributed by atoms with Gasteiger partial charge in [0.15, 0.2) is 0 Å². The average Bonchev–Trinajstić information content (AvgIpc) is 2.71. The molecule has 0 bridgehead atoms. The van der Waals surface area contributed by atoms with Crippen molar-refractivity contribution in [1.82, 2.24) is 10.6 Å². The van der Waals surface area contributed by atoms with Gasteiger partial charge in [-0.2, -0.15) is 0 Å². The van der Waals surface area contributed by atoms with Crippen molar-refractivity contribution >= 4 is 11.8 Å². The summed E-state index contributed by atoms with van der Waals surface area (Å²) in [6, 6.07) is 17.5. The van der Waals surface area contributed by atoms with Crippen molar-refractivity contribution in [3.8, 4) is 0 Å². The Bertz CT molecular complexity index is 780.